The third kappa shape index (κ3) is 3.27. The summed E-state index contributed by atoms with van der Waals surface area (Å²) in [6, 6.07) is 5.80. The number of benzene rings is 1. The summed E-state index contributed by atoms with van der Waals surface area (Å²) in [5, 5.41) is 11.3. The molecule has 0 aliphatic rings. The van der Waals surface area contributed by atoms with E-state index in [-0.39, 0.29) is 16.0 Å². The Hall–Kier alpha value is -1.41. The lowest BCUT2D eigenvalue weighted by Crippen LogP contribution is -2.37. The Balaban J connectivity index is 2.91. The fourth-order valence-corrected chi connectivity index (χ4v) is 1.61. The lowest BCUT2D eigenvalue weighted by Gasteiger charge is -2.15. The van der Waals surface area contributed by atoms with Crippen LogP contribution >= 0.6 is 15.9 Å². The van der Waals surface area contributed by atoms with Crippen LogP contribution in [0.4, 0.5) is 4.39 Å². The molecule has 1 rings (SSSR count). The predicted molar refractivity (Wildman–Crippen MR) is 65.8 cm³/mol. The Morgan fingerprint density at radius 3 is 2.71 bits per heavy atom. The zero-order chi connectivity index (χ0) is 13.0. The Bertz CT molecular complexity index is 468. The molecule has 0 aliphatic heterocycles. The van der Waals surface area contributed by atoms with Crippen molar-refractivity contribution >= 4 is 21.8 Å². The van der Waals surface area contributed by atoms with Crippen LogP contribution in [0.5, 0.6) is 0 Å². The highest BCUT2D eigenvalue weighted by atomic mass is 79.9. The van der Waals surface area contributed by atoms with Gasteiger partial charge in [-0.25, -0.2) is 4.39 Å². The second-order valence-corrected chi connectivity index (χ2v) is 4.78. The summed E-state index contributed by atoms with van der Waals surface area (Å²) in [5.74, 6) is -1.23. The van der Waals surface area contributed by atoms with Crippen molar-refractivity contribution in [3.05, 3.63) is 34.1 Å². The van der Waals surface area contributed by atoms with Gasteiger partial charge >= 0.3 is 0 Å². The largest absolute Gasteiger partial charge is 0.336 e. The smallest absolute Gasteiger partial charge is 0.255 e. The molecule has 0 bridgehead atoms. The van der Waals surface area contributed by atoms with Gasteiger partial charge in [0.2, 0.25) is 0 Å². The van der Waals surface area contributed by atoms with Crippen molar-refractivity contribution in [2.45, 2.75) is 19.9 Å². The van der Waals surface area contributed by atoms with E-state index in [4.69, 9.17) is 5.26 Å². The normalized spacial score (nSPS) is 12.0. The average Bonchev–Trinajstić information content (AvgIpc) is 2.28. The van der Waals surface area contributed by atoms with Gasteiger partial charge in [-0.1, -0.05) is 19.9 Å². The van der Waals surface area contributed by atoms with Crippen LogP contribution in [0.15, 0.2) is 22.7 Å². The fourth-order valence-electron chi connectivity index (χ4n) is 1.25. The maximum atomic E-state index is 13.6. The minimum Gasteiger partial charge on any atom is -0.336 e. The van der Waals surface area contributed by atoms with E-state index in [9.17, 15) is 9.18 Å². The number of carbonyl (C=O) groups excluding carboxylic acids is 1. The average molecular weight is 299 g/mol. The molecule has 0 aromatic heterocycles. The van der Waals surface area contributed by atoms with Gasteiger partial charge in [0.15, 0.2) is 0 Å². The maximum absolute atomic E-state index is 13.6. The lowest BCUT2D eigenvalue weighted by molar-refractivity contribution is 0.0933. The quantitative estimate of drug-likeness (QED) is 0.933. The van der Waals surface area contributed by atoms with Gasteiger partial charge in [-0.05, 0) is 34.0 Å². The van der Waals surface area contributed by atoms with E-state index in [0.29, 0.717) is 0 Å². The first-order chi connectivity index (χ1) is 7.97. The van der Waals surface area contributed by atoms with Crippen molar-refractivity contribution < 1.29 is 9.18 Å². The second-order valence-electron chi connectivity index (χ2n) is 3.93. The molecule has 3 nitrogen and oxygen atoms in total. The molecule has 1 atom stereocenters. The van der Waals surface area contributed by atoms with Crippen LogP contribution in [0.2, 0.25) is 0 Å². The number of rotatable bonds is 3. The maximum Gasteiger partial charge on any atom is 0.255 e. The number of amides is 1. The standard InChI is InChI=1S/C12H12BrFN2O/c1-7(2)10(6-15)16-12(17)8-4-3-5-9(13)11(8)14/h3-5,7,10H,1-2H3,(H,16,17). The van der Waals surface area contributed by atoms with Crippen LogP contribution in [0.25, 0.3) is 0 Å². The van der Waals surface area contributed by atoms with Crippen molar-refractivity contribution in [1.29, 1.82) is 5.26 Å². The van der Waals surface area contributed by atoms with Gasteiger partial charge in [0.1, 0.15) is 11.9 Å². The fraction of sp³-hybridized carbons (Fsp3) is 0.333. The number of nitriles is 1. The molecule has 90 valence electrons. The molecule has 0 fully saturated rings. The number of nitrogens with zero attached hydrogens (tertiary/aromatic N) is 1. The van der Waals surface area contributed by atoms with E-state index in [1.807, 2.05) is 19.9 Å². The van der Waals surface area contributed by atoms with Crippen LogP contribution in [0, 0.1) is 23.1 Å². The Morgan fingerprint density at radius 2 is 2.18 bits per heavy atom. The molecule has 17 heavy (non-hydrogen) atoms. The van der Waals surface area contributed by atoms with Gasteiger partial charge in [0.25, 0.3) is 5.91 Å². The van der Waals surface area contributed by atoms with Gasteiger partial charge in [-0.15, -0.1) is 0 Å². The molecule has 0 aliphatic carbocycles. The number of carbonyl (C=O) groups is 1. The molecular formula is C12H12BrFN2O. The number of hydrogen-bond donors (Lipinski definition) is 1. The van der Waals surface area contributed by atoms with Crippen molar-refractivity contribution in [1.82, 2.24) is 5.32 Å². The third-order valence-corrected chi connectivity index (χ3v) is 2.90. The number of hydrogen-bond acceptors (Lipinski definition) is 2. The van der Waals surface area contributed by atoms with Crippen LogP contribution in [0.1, 0.15) is 24.2 Å². The highest BCUT2D eigenvalue weighted by molar-refractivity contribution is 9.10. The number of nitrogens with one attached hydrogen (secondary N) is 1. The molecular weight excluding hydrogens is 287 g/mol. The summed E-state index contributed by atoms with van der Waals surface area (Å²) in [5.41, 5.74) is -0.0692. The first-order valence-corrected chi connectivity index (χ1v) is 5.91. The Morgan fingerprint density at radius 1 is 1.53 bits per heavy atom. The summed E-state index contributed by atoms with van der Waals surface area (Å²) in [6.45, 7) is 3.62. The molecule has 0 saturated carbocycles. The van der Waals surface area contributed by atoms with Gasteiger partial charge < -0.3 is 5.32 Å². The predicted octanol–water partition coefficient (Wildman–Crippen LogP) is 2.87. The first kappa shape index (κ1) is 13.7. The van der Waals surface area contributed by atoms with E-state index >= 15 is 0 Å². The molecule has 0 saturated heterocycles. The van der Waals surface area contributed by atoms with Gasteiger partial charge in [0, 0.05) is 0 Å². The van der Waals surface area contributed by atoms with Crippen LogP contribution in [0.3, 0.4) is 0 Å². The summed E-state index contributed by atoms with van der Waals surface area (Å²) in [4.78, 5) is 11.8. The Kier molecular flexibility index (Phi) is 4.64. The summed E-state index contributed by atoms with van der Waals surface area (Å²) < 4.78 is 13.8. The van der Waals surface area contributed by atoms with Crippen molar-refractivity contribution in [3.63, 3.8) is 0 Å². The minimum absolute atomic E-state index is 0.0286. The summed E-state index contributed by atoms with van der Waals surface area (Å²) >= 11 is 3.01. The van der Waals surface area contributed by atoms with E-state index < -0.39 is 17.8 Å². The third-order valence-electron chi connectivity index (χ3n) is 2.29. The molecule has 1 N–H and O–H groups in total. The van der Waals surface area contributed by atoms with Gasteiger partial charge in [-0.2, -0.15) is 5.26 Å². The Labute approximate surface area is 108 Å². The molecule has 0 heterocycles. The van der Waals surface area contributed by atoms with Crippen molar-refractivity contribution in [2.24, 2.45) is 5.92 Å². The van der Waals surface area contributed by atoms with Gasteiger partial charge in [0.05, 0.1) is 16.1 Å². The molecule has 1 amide bonds. The molecule has 5 heteroatoms. The molecule has 0 spiro atoms. The lowest BCUT2D eigenvalue weighted by atomic mass is 10.1. The SMILES string of the molecule is CC(C)C(C#N)NC(=O)c1cccc(Br)c1F. The zero-order valence-corrected chi connectivity index (χ0v) is 11.1. The summed E-state index contributed by atoms with van der Waals surface area (Å²) in [6.07, 6.45) is 0. The summed E-state index contributed by atoms with van der Waals surface area (Å²) in [7, 11) is 0. The zero-order valence-electron chi connectivity index (χ0n) is 9.50. The van der Waals surface area contributed by atoms with Crippen LogP contribution < -0.4 is 5.32 Å². The molecule has 1 aromatic carbocycles. The first-order valence-electron chi connectivity index (χ1n) is 5.12. The van der Waals surface area contributed by atoms with E-state index in [0.717, 1.165) is 0 Å². The van der Waals surface area contributed by atoms with Gasteiger partial charge in [-0.3, -0.25) is 4.79 Å². The molecule has 1 aromatic rings. The second kappa shape index (κ2) is 5.78. The van der Waals surface area contributed by atoms with E-state index in [2.05, 4.69) is 21.2 Å². The van der Waals surface area contributed by atoms with Crippen LogP contribution in [-0.4, -0.2) is 11.9 Å². The minimum atomic E-state index is -0.624. The van der Waals surface area contributed by atoms with E-state index in [1.165, 1.54) is 12.1 Å². The highest BCUT2D eigenvalue weighted by Crippen LogP contribution is 2.18. The molecule has 1 unspecified atom stereocenters. The number of halogens is 2. The topological polar surface area (TPSA) is 52.9 Å². The van der Waals surface area contributed by atoms with Crippen LogP contribution in [-0.2, 0) is 0 Å². The van der Waals surface area contributed by atoms with Crippen molar-refractivity contribution in [2.75, 3.05) is 0 Å². The van der Waals surface area contributed by atoms with E-state index in [1.54, 1.807) is 6.07 Å². The molecule has 0 radical (unpaired) electrons. The highest BCUT2D eigenvalue weighted by Gasteiger charge is 2.19. The van der Waals surface area contributed by atoms with Crippen molar-refractivity contribution in [3.8, 4) is 6.07 Å². The monoisotopic (exact) mass is 298 g/mol.